The average Bonchev–Trinajstić information content (AvgIpc) is 2.92. The maximum absolute atomic E-state index is 12.9. The van der Waals surface area contributed by atoms with Crippen molar-refractivity contribution in [2.45, 2.75) is 45.2 Å². The number of fused-ring (bicyclic) bond motifs is 1. The SMILES string of the molecule is Cc1ccc(N2C(=O)N(CC(=O)N[C@@H]3CCCc4ccccc43)C(=O)[C@H]2C)cc1. The van der Waals surface area contributed by atoms with E-state index in [4.69, 9.17) is 0 Å². The Balaban J connectivity index is 1.47. The number of carbonyl (C=O) groups is 3. The summed E-state index contributed by atoms with van der Waals surface area (Å²) in [4.78, 5) is 40.8. The molecule has 2 aromatic carbocycles. The third-order valence-corrected chi connectivity index (χ3v) is 5.77. The number of urea groups is 1. The minimum atomic E-state index is -0.631. The summed E-state index contributed by atoms with van der Waals surface area (Å²) in [6.45, 7) is 3.39. The summed E-state index contributed by atoms with van der Waals surface area (Å²) in [6, 6.07) is 14.4. The molecule has 1 aliphatic carbocycles. The lowest BCUT2D eigenvalue weighted by molar-refractivity contribution is -0.132. The van der Waals surface area contributed by atoms with E-state index in [1.54, 1.807) is 6.92 Å². The number of hydrogen-bond donors (Lipinski definition) is 1. The fraction of sp³-hybridized carbons (Fsp3) is 0.348. The molecule has 6 heteroatoms. The van der Waals surface area contributed by atoms with Crippen LogP contribution in [0.25, 0.3) is 0 Å². The Morgan fingerprint density at radius 1 is 1.10 bits per heavy atom. The minimum Gasteiger partial charge on any atom is -0.348 e. The van der Waals surface area contributed by atoms with E-state index >= 15 is 0 Å². The average molecular weight is 391 g/mol. The maximum Gasteiger partial charge on any atom is 0.332 e. The molecule has 150 valence electrons. The Morgan fingerprint density at radius 2 is 1.83 bits per heavy atom. The summed E-state index contributed by atoms with van der Waals surface area (Å²) < 4.78 is 0. The molecular formula is C23H25N3O3. The molecule has 4 amide bonds. The molecular weight excluding hydrogens is 366 g/mol. The van der Waals surface area contributed by atoms with E-state index < -0.39 is 12.1 Å². The summed E-state index contributed by atoms with van der Waals surface area (Å²) in [6.07, 6.45) is 2.87. The van der Waals surface area contributed by atoms with Crippen LogP contribution in [0.1, 0.15) is 42.5 Å². The summed E-state index contributed by atoms with van der Waals surface area (Å²) >= 11 is 0. The van der Waals surface area contributed by atoms with Crippen LogP contribution in [-0.2, 0) is 16.0 Å². The lowest BCUT2D eigenvalue weighted by atomic mass is 9.88. The molecule has 6 nitrogen and oxygen atoms in total. The van der Waals surface area contributed by atoms with Crippen molar-refractivity contribution >= 4 is 23.5 Å². The smallest absolute Gasteiger partial charge is 0.332 e. The Kier molecular flexibility index (Phi) is 5.09. The third kappa shape index (κ3) is 3.62. The highest BCUT2D eigenvalue weighted by Gasteiger charge is 2.44. The number of imide groups is 1. The van der Waals surface area contributed by atoms with Crippen LogP contribution in [0.15, 0.2) is 48.5 Å². The fourth-order valence-corrected chi connectivity index (χ4v) is 4.20. The van der Waals surface area contributed by atoms with Crippen LogP contribution in [0.4, 0.5) is 10.5 Å². The highest BCUT2D eigenvalue weighted by Crippen LogP contribution is 2.30. The van der Waals surface area contributed by atoms with E-state index in [1.165, 1.54) is 10.5 Å². The normalized spacial score (nSPS) is 21.3. The van der Waals surface area contributed by atoms with Gasteiger partial charge in [0, 0.05) is 5.69 Å². The molecule has 1 fully saturated rings. The fourth-order valence-electron chi connectivity index (χ4n) is 4.20. The summed E-state index contributed by atoms with van der Waals surface area (Å²) in [5.74, 6) is -0.666. The highest BCUT2D eigenvalue weighted by atomic mass is 16.2. The van der Waals surface area contributed by atoms with Gasteiger partial charge in [-0.2, -0.15) is 0 Å². The molecule has 29 heavy (non-hydrogen) atoms. The van der Waals surface area contributed by atoms with Gasteiger partial charge in [-0.1, -0.05) is 42.0 Å². The van der Waals surface area contributed by atoms with E-state index in [2.05, 4.69) is 11.4 Å². The molecule has 1 aliphatic heterocycles. The predicted molar refractivity (Wildman–Crippen MR) is 110 cm³/mol. The molecule has 0 unspecified atom stereocenters. The van der Waals surface area contributed by atoms with Gasteiger partial charge in [-0.3, -0.25) is 19.4 Å². The van der Waals surface area contributed by atoms with Gasteiger partial charge in [0.15, 0.2) is 0 Å². The van der Waals surface area contributed by atoms with Crippen molar-refractivity contribution in [2.24, 2.45) is 0 Å². The van der Waals surface area contributed by atoms with Gasteiger partial charge in [0.25, 0.3) is 5.91 Å². The summed E-state index contributed by atoms with van der Waals surface area (Å²) in [5.41, 5.74) is 4.10. The van der Waals surface area contributed by atoms with Crippen molar-refractivity contribution in [3.63, 3.8) is 0 Å². The summed E-state index contributed by atoms with van der Waals surface area (Å²) in [7, 11) is 0. The van der Waals surface area contributed by atoms with E-state index in [0.29, 0.717) is 5.69 Å². The van der Waals surface area contributed by atoms with Gasteiger partial charge >= 0.3 is 6.03 Å². The van der Waals surface area contributed by atoms with Gasteiger partial charge in [0.1, 0.15) is 12.6 Å². The molecule has 0 bridgehead atoms. The van der Waals surface area contributed by atoms with Gasteiger partial charge < -0.3 is 5.32 Å². The number of nitrogens with zero attached hydrogens (tertiary/aromatic N) is 2. The topological polar surface area (TPSA) is 69.7 Å². The lowest BCUT2D eigenvalue weighted by Crippen LogP contribution is -2.43. The maximum atomic E-state index is 12.9. The van der Waals surface area contributed by atoms with Crippen molar-refractivity contribution < 1.29 is 14.4 Å². The Labute approximate surface area is 170 Å². The van der Waals surface area contributed by atoms with Gasteiger partial charge in [0.05, 0.1) is 6.04 Å². The number of nitrogens with one attached hydrogen (secondary N) is 1. The molecule has 0 saturated carbocycles. The Bertz CT molecular complexity index is 954. The highest BCUT2D eigenvalue weighted by molar-refractivity contribution is 6.15. The first-order chi connectivity index (χ1) is 14.0. The molecule has 0 radical (unpaired) electrons. The second kappa shape index (κ2) is 7.70. The number of anilines is 1. The molecule has 2 atom stereocenters. The lowest BCUT2D eigenvalue weighted by Gasteiger charge is -2.27. The number of benzene rings is 2. The van der Waals surface area contributed by atoms with Crippen LogP contribution >= 0.6 is 0 Å². The summed E-state index contributed by atoms with van der Waals surface area (Å²) in [5, 5.41) is 3.02. The third-order valence-electron chi connectivity index (χ3n) is 5.77. The van der Waals surface area contributed by atoms with E-state index in [-0.39, 0.29) is 24.4 Å². The largest absolute Gasteiger partial charge is 0.348 e. The van der Waals surface area contributed by atoms with E-state index in [0.717, 1.165) is 35.3 Å². The van der Waals surface area contributed by atoms with Crippen LogP contribution in [0.5, 0.6) is 0 Å². The standard InChI is InChI=1S/C23H25N3O3/c1-15-10-12-18(13-11-15)26-16(2)22(28)25(23(26)29)14-21(27)24-20-9-5-7-17-6-3-4-8-19(17)20/h3-4,6,8,10-13,16,20H,5,7,9,14H2,1-2H3,(H,24,27)/t16-,20-/m1/s1. The van der Waals surface area contributed by atoms with Crippen molar-refractivity contribution in [3.8, 4) is 0 Å². The molecule has 0 aromatic heterocycles. The molecule has 1 saturated heterocycles. The quantitative estimate of drug-likeness (QED) is 0.813. The van der Waals surface area contributed by atoms with Gasteiger partial charge in [0.2, 0.25) is 5.91 Å². The Morgan fingerprint density at radius 3 is 2.59 bits per heavy atom. The van der Waals surface area contributed by atoms with Crippen molar-refractivity contribution in [3.05, 3.63) is 65.2 Å². The first kappa shape index (κ1) is 19.2. The first-order valence-corrected chi connectivity index (χ1v) is 10.0. The van der Waals surface area contributed by atoms with Gasteiger partial charge in [-0.05, 0) is 56.4 Å². The van der Waals surface area contributed by atoms with Crippen molar-refractivity contribution in [1.29, 1.82) is 0 Å². The van der Waals surface area contributed by atoms with Crippen LogP contribution < -0.4 is 10.2 Å². The Hall–Kier alpha value is -3.15. The molecule has 4 rings (SSSR count). The molecule has 0 spiro atoms. The monoisotopic (exact) mass is 391 g/mol. The second-order valence-electron chi connectivity index (χ2n) is 7.80. The zero-order valence-corrected chi connectivity index (χ0v) is 16.7. The number of carbonyl (C=O) groups excluding carboxylic acids is 3. The van der Waals surface area contributed by atoms with Gasteiger partial charge in [-0.25, -0.2) is 4.79 Å². The van der Waals surface area contributed by atoms with Gasteiger partial charge in [-0.15, -0.1) is 0 Å². The number of rotatable bonds is 4. The number of hydrogen-bond acceptors (Lipinski definition) is 3. The molecule has 1 heterocycles. The van der Waals surface area contributed by atoms with Crippen LogP contribution in [-0.4, -0.2) is 35.3 Å². The minimum absolute atomic E-state index is 0.0779. The molecule has 2 aliphatic rings. The van der Waals surface area contributed by atoms with E-state index in [1.807, 2.05) is 49.4 Å². The van der Waals surface area contributed by atoms with Crippen LogP contribution in [0.3, 0.4) is 0 Å². The number of amides is 4. The van der Waals surface area contributed by atoms with E-state index in [9.17, 15) is 14.4 Å². The second-order valence-corrected chi connectivity index (χ2v) is 7.80. The van der Waals surface area contributed by atoms with Crippen LogP contribution in [0, 0.1) is 6.92 Å². The zero-order valence-electron chi connectivity index (χ0n) is 16.7. The molecule has 1 N–H and O–H groups in total. The first-order valence-electron chi connectivity index (χ1n) is 10.0. The van der Waals surface area contributed by atoms with Crippen molar-refractivity contribution in [2.75, 3.05) is 11.4 Å². The zero-order chi connectivity index (χ0) is 20.5. The van der Waals surface area contributed by atoms with Crippen LogP contribution in [0.2, 0.25) is 0 Å². The molecule has 2 aromatic rings. The number of aryl methyl sites for hydroxylation is 2. The predicted octanol–water partition coefficient (Wildman–Crippen LogP) is 3.35. The van der Waals surface area contributed by atoms with Crippen molar-refractivity contribution in [1.82, 2.24) is 10.2 Å².